The van der Waals surface area contributed by atoms with Gasteiger partial charge in [-0.15, -0.1) is 10.2 Å². The van der Waals surface area contributed by atoms with Gasteiger partial charge in [0.1, 0.15) is 0 Å². The molecule has 3 rings (SSSR count). The summed E-state index contributed by atoms with van der Waals surface area (Å²) in [5, 5.41) is 19.9. The first-order valence-electron chi connectivity index (χ1n) is 6.76. The molecule has 6 nitrogen and oxygen atoms in total. The van der Waals surface area contributed by atoms with Crippen molar-refractivity contribution in [3.05, 3.63) is 30.0 Å². The van der Waals surface area contributed by atoms with E-state index in [0.717, 1.165) is 31.3 Å². The number of benzene rings is 1. The third kappa shape index (κ3) is 2.42. The molecule has 2 N–H and O–H groups in total. The number of hydrazine groups is 1. The van der Waals surface area contributed by atoms with Gasteiger partial charge in [0.25, 0.3) is 0 Å². The molecule has 1 fully saturated rings. The number of nitrogens with one attached hydrogen (secondary N) is 1. The smallest absolute Gasteiger partial charge is 0.358 e. The maximum atomic E-state index is 11.3. The number of aromatic nitrogens is 2. The largest absolute Gasteiger partial charge is 0.476 e. The second-order valence-corrected chi connectivity index (χ2v) is 4.91. The first kappa shape index (κ1) is 12.8. The van der Waals surface area contributed by atoms with Gasteiger partial charge >= 0.3 is 5.97 Å². The van der Waals surface area contributed by atoms with Gasteiger partial charge in [-0.2, -0.15) is 0 Å². The first-order valence-corrected chi connectivity index (χ1v) is 6.76. The quantitative estimate of drug-likeness (QED) is 0.891. The lowest BCUT2D eigenvalue weighted by Gasteiger charge is -2.28. The van der Waals surface area contributed by atoms with E-state index in [1.54, 1.807) is 0 Å². The third-order valence-corrected chi connectivity index (χ3v) is 3.50. The highest BCUT2D eigenvalue weighted by Gasteiger charge is 2.19. The van der Waals surface area contributed by atoms with Crippen LogP contribution in [0.4, 0.5) is 5.69 Å². The molecule has 2 aromatic rings. The Kier molecular flexibility index (Phi) is 3.47. The second-order valence-electron chi connectivity index (χ2n) is 4.91. The number of carboxylic acids is 1. The zero-order valence-electron chi connectivity index (χ0n) is 11.0. The van der Waals surface area contributed by atoms with Crippen LogP contribution in [0.1, 0.15) is 29.8 Å². The summed E-state index contributed by atoms with van der Waals surface area (Å²) in [4.78, 5) is 11.3. The molecule has 20 heavy (non-hydrogen) atoms. The Balaban J connectivity index is 2.04. The molecule has 1 aromatic carbocycles. The highest BCUT2D eigenvalue weighted by atomic mass is 16.4. The van der Waals surface area contributed by atoms with Gasteiger partial charge in [-0.05, 0) is 18.9 Å². The van der Waals surface area contributed by atoms with E-state index < -0.39 is 5.97 Å². The molecule has 1 aromatic heterocycles. The van der Waals surface area contributed by atoms with E-state index in [1.165, 1.54) is 6.42 Å². The molecule has 1 saturated heterocycles. The fraction of sp³-hybridized carbons (Fsp3) is 0.357. The fourth-order valence-electron chi connectivity index (χ4n) is 2.48. The molecule has 1 aliphatic heterocycles. The molecule has 0 aliphatic carbocycles. The van der Waals surface area contributed by atoms with E-state index in [-0.39, 0.29) is 5.69 Å². The Bertz CT molecular complexity index is 638. The van der Waals surface area contributed by atoms with Crippen molar-refractivity contribution in [2.45, 2.75) is 19.3 Å². The normalized spacial score (nSPS) is 16.2. The van der Waals surface area contributed by atoms with Crippen molar-refractivity contribution >= 4 is 22.6 Å². The van der Waals surface area contributed by atoms with Crippen LogP contribution in [0.25, 0.3) is 10.9 Å². The van der Waals surface area contributed by atoms with Gasteiger partial charge in [0.05, 0.1) is 11.2 Å². The molecule has 0 spiro atoms. The zero-order valence-corrected chi connectivity index (χ0v) is 11.0. The molecule has 2 heterocycles. The lowest BCUT2D eigenvalue weighted by molar-refractivity contribution is 0.0690. The van der Waals surface area contributed by atoms with E-state index in [2.05, 4.69) is 20.6 Å². The number of rotatable bonds is 3. The van der Waals surface area contributed by atoms with E-state index in [4.69, 9.17) is 0 Å². The summed E-state index contributed by atoms with van der Waals surface area (Å²) in [5.74, 6) is -1.07. The van der Waals surface area contributed by atoms with Gasteiger partial charge in [-0.1, -0.05) is 24.6 Å². The van der Waals surface area contributed by atoms with Crippen LogP contribution in [-0.4, -0.2) is 39.4 Å². The second kappa shape index (κ2) is 5.42. The summed E-state index contributed by atoms with van der Waals surface area (Å²) in [6.07, 6.45) is 3.46. The van der Waals surface area contributed by atoms with Gasteiger partial charge in [-0.3, -0.25) is 0 Å². The number of hydrogen-bond donors (Lipinski definition) is 2. The molecule has 0 atom stereocenters. The van der Waals surface area contributed by atoms with Gasteiger partial charge in [-0.25, -0.2) is 9.80 Å². The molecule has 0 saturated carbocycles. The fourth-order valence-corrected chi connectivity index (χ4v) is 2.48. The Labute approximate surface area is 116 Å². The Morgan fingerprint density at radius 2 is 1.90 bits per heavy atom. The van der Waals surface area contributed by atoms with Crippen molar-refractivity contribution in [1.29, 1.82) is 0 Å². The molecule has 104 valence electrons. The lowest BCUT2D eigenvalue weighted by atomic mass is 10.1. The minimum atomic E-state index is -1.07. The number of fused-ring (bicyclic) bond motifs is 1. The van der Waals surface area contributed by atoms with Crippen LogP contribution in [0.5, 0.6) is 0 Å². The standard InChI is InChI=1S/C14H16N4O2/c19-14(20)13-12(17-18-8-4-1-5-9-18)10-6-2-3-7-11(10)15-16-13/h2-3,6-7H,1,4-5,8-9H2,(H,15,17)(H,19,20). The molecule has 1 aliphatic rings. The zero-order chi connectivity index (χ0) is 13.9. The van der Waals surface area contributed by atoms with Crippen molar-refractivity contribution in [3.8, 4) is 0 Å². The van der Waals surface area contributed by atoms with Crippen LogP contribution in [0.3, 0.4) is 0 Å². The maximum absolute atomic E-state index is 11.3. The average Bonchev–Trinajstić information content (AvgIpc) is 2.48. The first-order chi connectivity index (χ1) is 9.75. The van der Waals surface area contributed by atoms with E-state index in [0.29, 0.717) is 11.2 Å². The number of anilines is 1. The SMILES string of the molecule is O=C(O)c1nnc2ccccc2c1NN1CCCCC1. The van der Waals surface area contributed by atoms with Crippen LogP contribution >= 0.6 is 0 Å². The maximum Gasteiger partial charge on any atom is 0.358 e. The Hall–Kier alpha value is -2.21. The molecular weight excluding hydrogens is 256 g/mol. The highest BCUT2D eigenvalue weighted by Crippen LogP contribution is 2.25. The van der Waals surface area contributed by atoms with Gasteiger partial charge in [0, 0.05) is 18.5 Å². The number of carbonyl (C=O) groups is 1. The Morgan fingerprint density at radius 3 is 2.65 bits per heavy atom. The molecule has 0 amide bonds. The summed E-state index contributed by atoms with van der Waals surface area (Å²) in [5.41, 5.74) is 4.41. The predicted octanol–water partition coefficient (Wildman–Crippen LogP) is 2.14. The van der Waals surface area contributed by atoms with Crippen LogP contribution in [-0.2, 0) is 0 Å². The van der Waals surface area contributed by atoms with Gasteiger partial charge in [0.15, 0.2) is 5.69 Å². The van der Waals surface area contributed by atoms with Crippen molar-refractivity contribution in [2.75, 3.05) is 18.5 Å². The number of nitrogens with zero attached hydrogens (tertiary/aromatic N) is 3. The van der Waals surface area contributed by atoms with Gasteiger partial charge < -0.3 is 10.5 Å². The number of aromatic carboxylic acids is 1. The molecule has 0 bridgehead atoms. The van der Waals surface area contributed by atoms with Crippen LogP contribution in [0.15, 0.2) is 24.3 Å². The predicted molar refractivity (Wildman–Crippen MR) is 75.5 cm³/mol. The lowest BCUT2D eigenvalue weighted by Crippen LogP contribution is -2.35. The summed E-state index contributed by atoms with van der Waals surface area (Å²) in [6, 6.07) is 7.43. The topological polar surface area (TPSA) is 78.3 Å². The molecule has 6 heteroatoms. The molecular formula is C14H16N4O2. The molecule has 0 radical (unpaired) electrons. The van der Waals surface area contributed by atoms with Crippen LogP contribution in [0, 0.1) is 0 Å². The van der Waals surface area contributed by atoms with E-state index in [1.807, 2.05) is 24.3 Å². The number of piperidine rings is 1. The molecule has 0 unspecified atom stereocenters. The Morgan fingerprint density at radius 1 is 1.15 bits per heavy atom. The van der Waals surface area contributed by atoms with Crippen molar-refractivity contribution < 1.29 is 9.90 Å². The van der Waals surface area contributed by atoms with Crippen molar-refractivity contribution in [2.24, 2.45) is 0 Å². The van der Waals surface area contributed by atoms with E-state index >= 15 is 0 Å². The summed E-state index contributed by atoms with van der Waals surface area (Å²) < 4.78 is 0. The van der Waals surface area contributed by atoms with Crippen molar-refractivity contribution in [1.82, 2.24) is 15.2 Å². The monoisotopic (exact) mass is 272 g/mol. The van der Waals surface area contributed by atoms with Crippen molar-refractivity contribution in [3.63, 3.8) is 0 Å². The number of hydrogen-bond acceptors (Lipinski definition) is 5. The van der Waals surface area contributed by atoms with Crippen LogP contribution < -0.4 is 5.43 Å². The van der Waals surface area contributed by atoms with Crippen LogP contribution in [0.2, 0.25) is 0 Å². The third-order valence-electron chi connectivity index (χ3n) is 3.50. The summed E-state index contributed by atoms with van der Waals surface area (Å²) in [7, 11) is 0. The average molecular weight is 272 g/mol. The van der Waals surface area contributed by atoms with E-state index in [9.17, 15) is 9.90 Å². The van der Waals surface area contributed by atoms with Gasteiger partial charge in [0.2, 0.25) is 0 Å². The minimum Gasteiger partial charge on any atom is -0.476 e. The highest BCUT2D eigenvalue weighted by molar-refractivity contribution is 6.02. The summed E-state index contributed by atoms with van der Waals surface area (Å²) >= 11 is 0. The number of carboxylic acid groups (broad SMARTS) is 1. The summed E-state index contributed by atoms with van der Waals surface area (Å²) in [6.45, 7) is 1.82. The minimum absolute atomic E-state index is 0.0331.